The molecule has 0 saturated carbocycles. The lowest BCUT2D eigenvalue weighted by Crippen LogP contribution is -2.37. The van der Waals surface area contributed by atoms with Gasteiger partial charge in [0.15, 0.2) is 6.10 Å². The molecule has 0 aromatic rings. The van der Waals surface area contributed by atoms with Gasteiger partial charge >= 0.3 is 19.8 Å². The minimum atomic E-state index is -4.39. The lowest BCUT2D eigenvalue weighted by Gasteiger charge is -2.24. The van der Waals surface area contributed by atoms with Gasteiger partial charge in [0.1, 0.15) is 19.8 Å². The predicted octanol–water partition coefficient (Wildman–Crippen LogP) is 22.7. The summed E-state index contributed by atoms with van der Waals surface area (Å²) in [4.78, 5) is 35.8. The zero-order valence-electron chi connectivity index (χ0n) is 55.4. The van der Waals surface area contributed by atoms with Gasteiger partial charge in [-0.25, -0.2) is 4.57 Å². The van der Waals surface area contributed by atoms with E-state index in [1.165, 1.54) is 186 Å². The van der Waals surface area contributed by atoms with E-state index in [1.807, 2.05) is 21.1 Å². The van der Waals surface area contributed by atoms with Crippen molar-refractivity contribution in [3.63, 3.8) is 0 Å². The maximum atomic E-state index is 12.9. The maximum Gasteiger partial charge on any atom is 0.472 e. The van der Waals surface area contributed by atoms with Crippen molar-refractivity contribution >= 4 is 19.8 Å². The molecule has 0 fully saturated rings. The summed E-state index contributed by atoms with van der Waals surface area (Å²) in [6, 6.07) is 0. The highest BCUT2D eigenvalue weighted by Gasteiger charge is 2.27. The minimum Gasteiger partial charge on any atom is -0.462 e. The Labute approximate surface area is 519 Å². The zero-order valence-corrected chi connectivity index (χ0v) is 56.3. The third-order valence-corrected chi connectivity index (χ3v) is 16.1. The molecule has 2 atom stereocenters. The summed E-state index contributed by atoms with van der Waals surface area (Å²) in [5.41, 5.74) is 0. The number of carbonyl (C=O) groups excluding carboxylic acids is 2. The van der Waals surface area contributed by atoms with E-state index in [0.717, 1.165) is 89.9 Å². The highest BCUT2D eigenvalue weighted by molar-refractivity contribution is 7.47. The summed E-state index contributed by atoms with van der Waals surface area (Å²) < 4.78 is 34.7. The Hall–Kier alpha value is -3.07. The van der Waals surface area contributed by atoms with Crippen molar-refractivity contribution < 1.29 is 42.1 Å². The van der Waals surface area contributed by atoms with Gasteiger partial charge in [0.05, 0.1) is 27.7 Å². The van der Waals surface area contributed by atoms with Crippen molar-refractivity contribution in [2.75, 3.05) is 47.5 Å². The van der Waals surface area contributed by atoms with Crippen LogP contribution in [0.1, 0.15) is 309 Å². The highest BCUT2D eigenvalue weighted by Crippen LogP contribution is 2.43. The first kappa shape index (κ1) is 80.9. The van der Waals surface area contributed by atoms with Crippen LogP contribution >= 0.6 is 7.82 Å². The Balaban J connectivity index is 4.02. The number of rotatable bonds is 64. The third-order valence-electron chi connectivity index (χ3n) is 15.1. The number of phosphoric ester groups is 1. The second-order valence-corrected chi connectivity index (χ2v) is 26.0. The first-order valence-electron chi connectivity index (χ1n) is 35.0. The molecule has 0 aliphatic carbocycles. The molecule has 9 nitrogen and oxygen atoms in total. The van der Waals surface area contributed by atoms with E-state index in [-0.39, 0.29) is 25.6 Å². The second-order valence-electron chi connectivity index (χ2n) is 24.5. The fourth-order valence-corrected chi connectivity index (χ4v) is 10.5. The van der Waals surface area contributed by atoms with E-state index in [1.54, 1.807) is 0 Å². The number of likely N-dealkylation sites (N-methyl/N-ethyl adjacent to an activating group) is 1. The van der Waals surface area contributed by atoms with Crippen molar-refractivity contribution in [2.24, 2.45) is 0 Å². The van der Waals surface area contributed by atoms with Crippen LogP contribution in [0.3, 0.4) is 0 Å². The Kier molecular flexibility index (Phi) is 62.1. The molecule has 0 heterocycles. The molecule has 0 spiro atoms. The van der Waals surface area contributed by atoms with Crippen molar-refractivity contribution in [1.82, 2.24) is 0 Å². The molecule has 2 unspecified atom stereocenters. The molecule has 0 aliphatic rings. The smallest absolute Gasteiger partial charge is 0.462 e. The Morgan fingerprint density at radius 1 is 0.381 bits per heavy atom. The van der Waals surface area contributed by atoms with Gasteiger partial charge in [0, 0.05) is 12.8 Å². The van der Waals surface area contributed by atoms with Crippen LogP contribution in [-0.2, 0) is 32.7 Å². The minimum absolute atomic E-state index is 0.0308. The predicted molar refractivity (Wildman–Crippen MR) is 362 cm³/mol. The van der Waals surface area contributed by atoms with Crippen LogP contribution in [0.2, 0.25) is 0 Å². The van der Waals surface area contributed by atoms with E-state index < -0.39 is 26.5 Å². The van der Waals surface area contributed by atoms with Crippen LogP contribution in [0, 0.1) is 0 Å². The molecule has 0 saturated heterocycles. The molecule has 0 bridgehead atoms. The highest BCUT2D eigenvalue weighted by atomic mass is 31.2. The van der Waals surface area contributed by atoms with Gasteiger partial charge in [0.2, 0.25) is 0 Å². The summed E-state index contributed by atoms with van der Waals surface area (Å²) in [6.45, 7) is 4.36. The molecular formula is C74H133NO8P+. The van der Waals surface area contributed by atoms with Crippen molar-refractivity contribution in [2.45, 2.75) is 315 Å². The number of nitrogens with zero attached hydrogens (tertiary/aromatic N) is 1. The number of hydrogen-bond donors (Lipinski definition) is 1. The molecule has 0 rings (SSSR count). The van der Waals surface area contributed by atoms with E-state index in [0.29, 0.717) is 23.9 Å². The number of ether oxygens (including phenoxy) is 2. The second kappa shape index (κ2) is 64.4. The topological polar surface area (TPSA) is 108 Å². The average Bonchev–Trinajstić information content (AvgIpc) is 3.61. The van der Waals surface area contributed by atoms with Gasteiger partial charge in [0.25, 0.3) is 0 Å². The third kappa shape index (κ3) is 68.0. The fourth-order valence-electron chi connectivity index (χ4n) is 9.80. The van der Waals surface area contributed by atoms with Gasteiger partial charge in [-0.2, -0.15) is 0 Å². The number of hydrogen-bond acceptors (Lipinski definition) is 7. The Morgan fingerprint density at radius 2 is 0.679 bits per heavy atom. The first-order chi connectivity index (χ1) is 41.0. The molecule has 84 heavy (non-hydrogen) atoms. The molecule has 1 N–H and O–H groups in total. The largest absolute Gasteiger partial charge is 0.472 e. The molecule has 0 aromatic heterocycles. The normalized spacial score (nSPS) is 13.7. The van der Waals surface area contributed by atoms with Crippen LogP contribution in [0.15, 0.2) is 97.2 Å². The number of esters is 2. The molecule has 10 heteroatoms. The number of allylic oxidation sites excluding steroid dienone is 16. The number of phosphoric acid groups is 1. The van der Waals surface area contributed by atoms with Crippen LogP contribution in [0.25, 0.3) is 0 Å². The Morgan fingerprint density at radius 3 is 1.01 bits per heavy atom. The van der Waals surface area contributed by atoms with Gasteiger partial charge in [-0.15, -0.1) is 0 Å². The van der Waals surface area contributed by atoms with Crippen molar-refractivity contribution in [3.05, 3.63) is 97.2 Å². The molecule has 0 radical (unpaired) electrons. The van der Waals surface area contributed by atoms with E-state index >= 15 is 0 Å². The standard InChI is InChI=1S/C74H132NO8P/c1-6-8-10-12-14-16-18-20-22-24-26-28-29-30-31-32-33-34-35-36-37-38-39-40-41-42-43-44-45-47-49-51-53-55-57-59-61-63-65-67-74(77)83-72(71-82-84(78,79)81-69-68-75(3,4)5)70-80-73(76)66-64-62-60-58-56-54-52-50-48-46-27-25-23-21-19-17-15-13-11-9-7-2/h8,10,14,16,20,22,26,28,30-31,33-34,36-37,39-40,72H,6-7,9,11-13,15,17-19,21,23-25,27,29,32,35,38,41-71H2,1-5H3/p+1/b10-8-,16-14-,22-20-,28-26-,31-30-,34-33-,37-36-,40-39-. The van der Waals surface area contributed by atoms with Crippen LogP contribution in [0.5, 0.6) is 0 Å². The van der Waals surface area contributed by atoms with Crippen molar-refractivity contribution in [1.29, 1.82) is 0 Å². The van der Waals surface area contributed by atoms with Gasteiger partial charge < -0.3 is 18.9 Å². The molecule has 0 aromatic carbocycles. The molecular weight excluding hydrogens is 1060 g/mol. The molecule has 0 aliphatic heterocycles. The van der Waals surface area contributed by atoms with Gasteiger partial charge in [-0.3, -0.25) is 18.6 Å². The monoisotopic (exact) mass is 1190 g/mol. The summed E-state index contributed by atoms with van der Waals surface area (Å²) in [7, 11) is 1.48. The van der Waals surface area contributed by atoms with Crippen LogP contribution in [0.4, 0.5) is 0 Å². The number of quaternary nitrogens is 1. The Bertz CT molecular complexity index is 1740. The molecule has 0 amide bonds. The van der Waals surface area contributed by atoms with Crippen LogP contribution < -0.4 is 0 Å². The zero-order chi connectivity index (χ0) is 61.2. The van der Waals surface area contributed by atoms with E-state index in [9.17, 15) is 19.0 Å². The summed E-state index contributed by atoms with van der Waals surface area (Å²) >= 11 is 0. The fraction of sp³-hybridized carbons (Fsp3) is 0.757. The number of carbonyl (C=O) groups is 2. The summed E-state index contributed by atoms with van der Waals surface area (Å²) in [5.74, 6) is -0.786. The first-order valence-corrected chi connectivity index (χ1v) is 36.5. The van der Waals surface area contributed by atoms with Crippen LogP contribution in [-0.4, -0.2) is 74.9 Å². The SMILES string of the molecule is CC/C=C\C/C=C\C/C=C\C/C=C\C/C=C\C/C=C\C/C=C\C/C=C\CCCCCCCCCCCCCCCCC(=O)OC(COC(=O)CCCCCCCCCCCCCCCCCCCCCCC)COP(=O)(O)OCC[N+](C)(C)C. The quantitative estimate of drug-likeness (QED) is 0.0211. The summed E-state index contributed by atoms with van der Waals surface area (Å²) in [5, 5.41) is 0. The van der Waals surface area contributed by atoms with E-state index in [2.05, 4.69) is 111 Å². The van der Waals surface area contributed by atoms with Gasteiger partial charge in [-0.05, 0) is 77.0 Å². The van der Waals surface area contributed by atoms with Crippen molar-refractivity contribution in [3.8, 4) is 0 Å². The van der Waals surface area contributed by atoms with Gasteiger partial charge in [-0.1, -0.05) is 317 Å². The summed E-state index contributed by atoms with van der Waals surface area (Å²) in [6.07, 6.45) is 89.4. The number of unbranched alkanes of at least 4 members (excludes halogenated alkanes) is 34. The average molecular weight is 1200 g/mol. The lowest BCUT2D eigenvalue weighted by molar-refractivity contribution is -0.870. The molecule has 486 valence electrons. The lowest BCUT2D eigenvalue weighted by atomic mass is 10.0. The van der Waals surface area contributed by atoms with E-state index in [4.69, 9.17) is 18.5 Å². The maximum absolute atomic E-state index is 12.9.